The second-order valence-corrected chi connectivity index (χ2v) is 5.98. The van der Waals surface area contributed by atoms with Gasteiger partial charge in [-0.05, 0) is 25.2 Å². The Labute approximate surface area is 154 Å². The van der Waals surface area contributed by atoms with Gasteiger partial charge in [0.05, 0.1) is 6.54 Å². The zero-order valence-corrected chi connectivity index (χ0v) is 14.9. The van der Waals surface area contributed by atoms with Gasteiger partial charge < -0.3 is 20.9 Å². The molecule has 7 nitrogen and oxygen atoms in total. The van der Waals surface area contributed by atoms with E-state index in [4.69, 9.17) is 0 Å². The third-order valence-electron chi connectivity index (χ3n) is 4.04. The summed E-state index contributed by atoms with van der Waals surface area (Å²) in [7, 11) is 3.19. The van der Waals surface area contributed by atoms with Crippen LogP contribution in [0, 0.1) is 11.6 Å². The van der Waals surface area contributed by atoms with Crippen molar-refractivity contribution in [2.75, 3.05) is 33.7 Å². The molecule has 0 spiro atoms. The molecule has 0 radical (unpaired) electrons. The lowest BCUT2D eigenvalue weighted by molar-refractivity contribution is -0.119. The van der Waals surface area contributed by atoms with Crippen molar-refractivity contribution < 1.29 is 22.9 Å². The van der Waals surface area contributed by atoms with Gasteiger partial charge in [0.15, 0.2) is 0 Å². The summed E-state index contributed by atoms with van der Waals surface area (Å²) in [4.78, 5) is 25.0. The van der Waals surface area contributed by atoms with Gasteiger partial charge in [0.2, 0.25) is 5.91 Å². The van der Waals surface area contributed by atoms with Crippen molar-refractivity contribution in [3.63, 3.8) is 0 Å². The molecule has 0 aromatic heterocycles. The number of benzene rings is 1. The molecular formula is C17H20F3N5O2. The third kappa shape index (κ3) is 5.30. The van der Waals surface area contributed by atoms with Gasteiger partial charge >= 0.3 is 6.03 Å². The minimum absolute atomic E-state index is 0.170. The molecule has 0 saturated heterocycles. The number of halogens is 3. The molecule has 1 heterocycles. The Balaban J connectivity index is 2.33. The summed E-state index contributed by atoms with van der Waals surface area (Å²) < 4.78 is 41.1. The molecule has 1 aromatic carbocycles. The molecule has 0 bridgehead atoms. The normalized spacial score (nSPS) is 15.5. The molecule has 1 aromatic rings. The van der Waals surface area contributed by atoms with E-state index in [1.54, 1.807) is 7.05 Å². The monoisotopic (exact) mass is 383 g/mol. The lowest BCUT2D eigenvalue weighted by Gasteiger charge is -2.28. The minimum atomic E-state index is -0.836. The molecule has 3 amide bonds. The summed E-state index contributed by atoms with van der Waals surface area (Å²) in [6.45, 7) is 0.483. The topological polar surface area (TPSA) is 85.8 Å². The number of nitrogens with zero attached hydrogens (tertiary/aromatic N) is 2. The fraction of sp³-hybridized carbons (Fsp3) is 0.353. The number of likely N-dealkylation sites (N-methyl/N-ethyl adjacent to an activating group) is 2. The van der Waals surface area contributed by atoms with Crippen molar-refractivity contribution in [2.24, 2.45) is 5.21 Å². The Morgan fingerprint density at radius 2 is 2.04 bits per heavy atom. The highest BCUT2D eigenvalue weighted by molar-refractivity contribution is 6.13. The summed E-state index contributed by atoms with van der Waals surface area (Å²) in [5, 5.41) is 9.90. The Kier molecular flexibility index (Phi) is 6.94. The van der Waals surface area contributed by atoms with Gasteiger partial charge in [-0.2, -0.15) is 0 Å². The molecule has 0 fully saturated rings. The van der Waals surface area contributed by atoms with Crippen molar-refractivity contribution in [3.8, 4) is 0 Å². The van der Waals surface area contributed by atoms with Crippen LogP contribution in [0.2, 0.25) is 0 Å². The molecule has 0 unspecified atom stereocenters. The Morgan fingerprint density at radius 3 is 2.70 bits per heavy atom. The van der Waals surface area contributed by atoms with Crippen LogP contribution in [0.5, 0.6) is 0 Å². The molecule has 0 saturated carbocycles. The van der Waals surface area contributed by atoms with Crippen molar-refractivity contribution in [2.45, 2.75) is 6.42 Å². The van der Waals surface area contributed by atoms with E-state index in [0.717, 1.165) is 18.2 Å². The lowest BCUT2D eigenvalue weighted by atomic mass is 9.96. The number of nitrogens with one attached hydrogen (secondary N) is 3. The molecule has 1 aliphatic rings. The average Bonchev–Trinajstić information content (AvgIpc) is 2.65. The maximum atomic E-state index is 14.1. The van der Waals surface area contributed by atoms with Gasteiger partial charge in [0, 0.05) is 43.4 Å². The van der Waals surface area contributed by atoms with E-state index < -0.39 is 23.6 Å². The first kappa shape index (κ1) is 20.4. The van der Waals surface area contributed by atoms with Crippen LogP contribution in [0.25, 0.3) is 0 Å². The van der Waals surface area contributed by atoms with Crippen molar-refractivity contribution in [3.05, 3.63) is 46.7 Å². The predicted molar refractivity (Wildman–Crippen MR) is 93.7 cm³/mol. The Hall–Kier alpha value is -2.88. The van der Waals surface area contributed by atoms with Crippen molar-refractivity contribution >= 4 is 17.6 Å². The number of rotatable bonds is 5. The lowest BCUT2D eigenvalue weighted by Crippen LogP contribution is -2.43. The number of hydrogen-bond acceptors (Lipinski definition) is 4. The van der Waals surface area contributed by atoms with Crippen LogP contribution >= 0.6 is 0 Å². The SMILES string of the molecule is CNC(=O)CNC(=O)NC1=C(/C(=N/F)c2cc(F)ccc2F)CN(C)CC1. The van der Waals surface area contributed by atoms with Crippen LogP contribution in [0.1, 0.15) is 12.0 Å². The first-order chi connectivity index (χ1) is 12.8. The summed E-state index contributed by atoms with van der Waals surface area (Å²) >= 11 is 0. The van der Waals surface area contributed by atoms with Crippen LogP contribution in [0.15, 0.2) is 34.7 Å². The molecule has 0 atom stereocenters. The Bertz CT molecular complexity index is 795. The average molecular weight is 383 g/mol. The molecule has 3 N–H and O–H groups in total. The van der Waals surface area contributed by atoms with E-state index in [9.17, 15) is 22.9 Å². The van der Waals surface area contributed by atoms with Gasteiger partial charge in [-0.3, -0.25) is 4.79 Å². The van der Waals surface area contributed by atoms with Gasteiger partial charge in [0.1, 0.15) is 17.3 Å². The van der Waals surface area contributed by atoms with Crippen LogP contribution in [-0.4, -0.2) is 56.3 Å². The standard InChI is InChI=1S/C17H20F3N5O2/c1-21-15(26)8-22-17(27)23-14-5-6-25(2)9-12(14)16(24-20)11-7-10(18)3-4-13(11)19/h3-4,7H,5-6,8-9H2,1-2H3,(H,21,26)(H2,22,23,27)/b24-16+. The van der Waals surface area contributed by atoms with E-state index in [2.05, 4.69) is 21.2 Å². The molecule has 2 rings (SSSR count). The summed E-state index contributed by atoms with van der Waals surface area (Å²) in [6, 6.07) is 1.97. The van der Waals surface area contributed by atoms with Gasteiger partial charge in [0.25, 0.3) is 0 Å². The van der Waals surface area contributed by atoms with Crippen molar-refractivity contribution in [1.29, 1.82) is 0 Å². The second-order valence-electron chi connectivity index (χ2n) is 5.98. The molecule has 0 aliphatic carbocycles. The van der Waals surface area contributed by atoms with Crippen LogP contribution in [-0.2, 0) is 4.79 Å². The first-order valence-electron chi connectivity index (χ1n) is 8.16. The number of amides is 3. The highest BCUT2D eigenvalue weighted by Gasteiger charge is 2.25. The summed E-state index contributed by atoms with van der Waals surface area (Å²) in [6.07, 6.45) is 0.329. The summed E-state index contributed by atoms with van der Waals surface area (Å²) in [5.74, 6) is -1.97. The summed E-state index contributed by atoms with van der Waals surface area (Å²) in [5.41, 5.74) is -0.179. The molecule has 27 heavy (non-hydrogen) atoms. The maximum Gasteiger partial charge on any atom is 0.319 e. The molecule has 10 heteroatoms. The minimum Gasteiger partial charge on any atom is -0.358 e. The van der Waals surface area contributed by atoms with E-state index in [1.807, 2.05) is 4.90 Å². The number of hydrogen-bond donors (Lipinski definition) is 3. The molecule has 146 valence electrons. The Morgan fingerprint density at radius 1 is 1.30 bits per heavy atom. The van der Waals surface area contributed by atoms with Crippen LogP contribution in [0.3, 0.4) is 0 Å². The fourth-order valence-corrected chi connectivity index (χ4v) is 2.62. The highest BCUT2D eigenvalue weighted by Crippen LogP contribution is 2.23. The van der Waals surface area contributed by atoms with E-state index in [1.165, 1.54) is 7.05 Å². The van der Waals surface area contributed by atoms with Gasteiger partial charge in [-0.15, -0.1) is 0 Å². The van der Waals surface area contributed by atoms with Crippen molar-refractivity contribution in [1.82, 2.24) is 20.9 Å². The van der Waals surface area contributed by atoms with Gasteiger partial charge in [-0.1, -0.05) is 9.70 Å². The zero-order chi connectivity index (χ0) is 20.0. The third-order valence-corrected chi connectivity index (χ3v) is 4.04. The zero-order valence-electron chi connectivity index (χ0n) is 14.9. The van der Waals surface area contributed by atoms with Crippen LogP contribution < -0.4 is 16.0 Å². The van der Waals surface area contributed by atoms with E-state index >= 15 is 0 Å². The van der Waals surface area contributed by atoms with E-state index in [-0.39, 0.29) is 29.9 Å². The second kappa shape index (κ2) is 9.17. The molecule has 1 aliphatic heterocycles. The largest absolute Gasteiger partial charge is 0.358 e. The number of carbonyl (C=O) groups is 2. The predicted octanol–water partition coefficient (Wildman–Crippen LogP) is 1.27. The highest BCUT2D eigenvalue weighted by atomic mass is 19.2. The fourth-order valence-electron chi connectivity index (χ4n) is 2.62. The smallest absolute Gasteiger partial charge is 0.319 e. The molecular weight excluding hydrogens is 363 g/mol. The number of carbonyl (C=O) groups excluding carboxylic acids is 2. The van der Waals surface area contributed by atoms with E-state index in [0.29, 0.717) is 18.7 Å². The van der Waals surface area contributed by atoms with Crippen LogP contribution in [0.4, 0.5) is 18.1 Å². The maximum absolute atomic E-state index is 14.1. The number of urea groups is 1. The quantitative estimate of drug-likeness (QED) is 0.670. The first-order valence-corrected chi connectivity index (χ1v) is 8.16. The van der Waals surface area contributed by atoms with Gasteiger partial charge in [-0.25, -0.2) is 13.6 Å².